The monoisotopic (exact) mass is 389 g/mol. The summed E-state index contributed by atoms with van der Waals surface area (Å²) in [6.07, 6.45) is 0.389. The van der Waals surface area contributed by atoms with Crippen LogP contribution in [0.25, 0.3) is 0 Å². The molecule has 0 bridgehead atoms. The van der Waals surface area contributed by atoms with Gasteiger partial charge in [-0.1, -0.05) is 37.3 Å². The lowest BCUT2D eigenvalue weighted by molar-refractivity contribution is -0.154. The Kier molecular flexibility index (Phi) is 7.04. The standard InChI is InChI=1S/C21H31N3O4/c1-3-19(26)24-17(21(18(24)15-25)16-7-5-4-6-8-16)13-22(2)20(27)14-23-9-11-28-12-10-23/h4-8,17-18,21,25H,3,9-15H2,1-2H3/t17-,18+,21-/m0/s1. The van der Waals surface area contributed by atoms with Crippen molar-refractivity contribution in [3.05, 3.63) is 35.9 Å². The number of hydrogen-bond acceptors (Lipinski definition) is 5. The zero-order valence-corrected chi connectivity index (χ0v) is 16.8. The molecule has 0 aliphatic carbocycles. The van der Waals surface area contributed by atoms with Crippen molar-refractivity contribution in [1.82, 2.24) is 14.7 Å². The van der Waals surface area contributed by atoms with Crippen LogP contribution < -0.4 is 0 Å². The molecule has 2 fully saturated rings. The normalized spacial score (nSPS) is 25.2. The van der Waals surface area contributed by atoms with Crippen molar-refractivity contribution in [1.29, 1.82) is 0 Å². The molecule has 0 unspecified atom stereocenters. The molecule has 0 aromatic heterocycles. The number of aliphatic hydroxyl groups is 1. The minimum Gasteiger partial charge on any atom is -0.394 e. The van der Waals surface area contributed by atoms with Gasteiger partial charge in [0.15, 0.2) is 0 Å². The average molecular weight is 389 g/mol. The van der Waals surface area contributed by atoms with E-state index in [1.165, 1.54) is 0 Å². The van der Waals surface area contributed by atoms with E-state index in [1.54, 1.807) is 16.8 Å². The SMILES string of the molecule is CCC(=O)N1[C@H](CO)[C@@H](c2ccccc2)[C@@H]1CN(C)C(=O)CN1CCOCC1. The maximum atomic E-state index is 12.7. The summed E-state index contributed by atoms with van der Waals surface area (Å²) < 4.78 is 5.34. The third-order valence-corrected chi connectivity index (χ3v) is 5.85. The average Bonchev–Trinajstić information content (AvgIpc) is 2.71. The van der Waals surface area contributed by atoms with Gasteiger partial charge in [-0.25, -0.2) is 0 Å². The summed E-state index contributed by atoms with van der Waals surface area (Å²) >= 11 is 0. The smallest absolute Gasteiger partial charge is 0.236 e. The molecule has 7 heteroatoms. The second-order valence-electron chi connectivity index (χ2n) is 7.57. The fourth-order valence-electron chi connectivity index (χ4n) is 4.28. The Morgan fingerprint density at radius 3 is 2.46 bits per heavy atom. The first-order valence-electron chi connectivity index (χ1n) is 10.1. The number of amides is 2. The van der Waals surface area contributed by atoms with Crippen molar-refractivity contribution >= 4 is 11.8 Å². The molecule has 1 N–H and O–H groups in total. The van der Waals surface area contributed by atoms with Crippen molar-refractivity contribution in [2.75, 3.05) is 53.0 Å². The molecule has 1 aromatic rings. The highest BCUT2D eigenvalue weighted by atomic mass is 16.5. The molecule has 3 rings (SSSR count). The van der Waals surface area contributed by atoms with Gasteiger partial charge in [-0.05, 0) is 5.56 Å². The van der Waals surface area contributed by atoms with Crippen LogP contribution in [-0.4, -0.2) is 96.8 Å². The first kappa shape index (κ1) is 20.8. The second-order valence-corrected chi connectivity index (χ2v) is 7.57. The van der Waals surface area contributed by atoms with E-state index >= 15 is 0 Å². The predicted octanol–water partition coefficient (Wildman–Crippen LogP) is 0.543. The highest BCUT2D eigenvalue weighted by Crippen LogP contribution is 2.41. The zero-order valence-electron chi connectivity index (χ0n) is 16.8. The topological polar surface area (TPSA) is 73.3 Å². The predicted molar refractivity (Wildman–Crippen MR) is 106 cm³/mol. The summed E-state index contributed by atoms with van der Waals surface area (Å²) in [7, 11) is 1.80. The lowest BCUT2D eigenvalue weighted by Gasteiger charge is -2.56. The number of benzene rings is 1. The molecule has 2 aliphatic heterocycles. The molecular formula is C21H31N3O4. The van der Waals surface area contributed by atoms with Crippen LogP contribution in [0, 0.1) is 0 Å². The second kappa shape index (κ2) is 9.49. The van der Waals surface area contributed by atoms with Gasteiger partial charge in [-0.3, -0.25) is 14.5 Å². The molecule has 2 heterocycles. The summed E-state index contributed by atoms with van der Waals surface area (Å²) in [5.41, 5.74) is 1.10. The van der Waals surface area contributed by atoms with Crippen molar-refractivity contribution in [3.8, 4) is 0 Å². The van der Waals surface area contributed by atoms with Crippen LogP contribution >= 0.6 is 0 Å². The molecule has 2 saturated heterocycles. The molecule has 1 aromatic carbocycles. The van der Waals surface area contributed by atoms with Gasteiger partial charge in [0.05, 0.1) is 38.4 Å². The third kappa shape index (κ3) is 4.37. The Balaban J connectivity index is 1.71. The summed E-state index contributed by atoms with van der Waals surface area (Å²) in [6.45, 7) is 5.44. The molecule has 0 radical (unpaired) electrons. The maximum Gasteiger partial charge on any atom is 0.236 e. The minimum atomic E-state index is -0.234. The number of likely N-dealkylation sites (N-methyl/N-ethyl adjacent to an activating group) is 1. The largest absolute Gasteiger partial charge is 0.394 e. The molecular weight excluding hydrogens is 358 g/mol. The van der Waals surface area contributed by atoms with Gasteiger partial charge in [0.2, 0.25) is 11.8 Å². The molecule has 0 saturated carbocycles. The van der Waals surface area contributed by atoms with Gasteiger partial charge >= 0.3 is 0 Å². The number of aliphatic hydroxyl groups excluding tert-OH is 1. The summed E-state index contributed by atoms with van der Waals surface area (Å²) in [5.74, 6) is 0.0932. The highest BCUT2D eigenvalue weighted by Gasteiger charge is 2.51. The molecule has 7 nitrogen and oxygen atoms in total. The highest BCUT2D eigenvalue weighted by molar-refractivity contribution is 5.80. The lowest BCUT2D eigenvalue weighted by atomic mass is 9.74. The summed E-state index contributed by atoms with van der Waals surface area (Å²) in [6, 6.07) is 9.61. The number of ether oxygens (including phenoxy) is 1. The van der Waals surface area contributed by atoms with Crippen LogP contribution in [0.5, 0.6) is 0 Å². The van der Waals surface area contributed by atoms with Crippen LogP contribution in [0.2, 0.25) is 0 Å². The quantitative estimate of drug-likeness (QED) is 0.737. The van der Waals surface area contributed by atoms with E-state index in [9.17, 15) is 14.7 Å². The zero-order chi connectivity index (χ0) is 20.1. The number of carbonyl (C=O) groups is 2. The summed E-state index contributed by atoms with van der Waals surface area (Å²) in [5, 5.41) is 9.92. The number of likely N-dealkylation sites (tertiary alicyclic amines) is 1. The third-order valence-electron chi connectivity index (χ3n) is 5.85. The van der Waals surface area contributed by atoms with Gasteiger partial charge in [0.25, 0.3) is 0 Å². The van der Waals surface area contributed by atoms with E-state index in [4.69, 9.17) is 4.74 Å². The Morgan fingerprint density at radius 1 is 1.18 bits per heavy atom. The van der Waals surface area contributed by atoms with E-state index in [2.05, 4.69) is 4.90 Å². The molecule has 3 atom stereocenters. The van der Waals surface area contributed by atoms with Crippen LogP contribution in [0.3, 0.4) is 0 Å². The van der Waals surface area contributed by atoms with E-state index in [0.717, 1.165) is 18.7 Å². The van der Waals surface area contributed by atoms with E-state index in [0.29, 0.717) is 32.7 Å². The first-order chi connectivity index (χ1) is 13.6. The van der Waals surface area contributed by atoms with Gasteiger partial charge < -0.3 is 19.6 Å². The molecule has 0 spiro atoms. The molecule has 154 valence electrons. The Labute approximate surface area is 166 Å². The van der Waals surface area contributed by atoms with E-state index in [-0.39, 0.29) is 36.4 Å². The number of hydrogen-bond donors (Lipinski definition) is 1. The Bertz CT molecular complexity index is 663. The molecule has 2 amide bonds. The Hall–Kier alpha value is -1.96. The van der Waals surface area contributed by atoms with E-state index < -0.39 is 0 Å². The minimum absolute atomic E-state index is 0.0188. The number of nitrogens with zero attached hydrogens (tertiary/aromatic N) is 3. The Morgan fingerprint density at radius 2 is 1.86 bits per heavy atom. The van der Waals surface area contributed by atoms with Gasteiger partial charge in [-0.2, -0.15) is 0 Å². The molecule has 2 aliphatic rings. The van der Waals surface area contributed by atoms with Crippen molar-refractivity contribution in [2.45, 2.75) is 31.3 Å². The molecule has 28 heavy (non-hydrogen) atoms. The van der Waals surface area contributed by atoms with Crippen molar-refractivity contribution in [2.24, 2.45) is 0 Å². The van der Waals surface area contributed by atoms with Gasteiger partial charge in [0.1, 0.15) is 0 Å². The lowest BCUT2D eigenvalue weighted by Crippen LogP contribution is -2.68. The van der Waals surface area contributed by atoms with Crippen LogP contribution in [-0.2, 0) is 14.3 Å². The van der Waals surface area contributed by atoms with Crippen molar-refractivity contribution < 1.29 is 19.4 Å². The fourth-order valence-corrected chi connectivity index (χ4v) is 4.28. The van der Waals surface area contributed by atoms with E-state index in [1.807, 2.05) is 37.3 Å². The fraction of sp³-hybridized carbons (Fsp3) is 0.619. The van der Waals surface area contributed by atoms with Crippen LogP contribution in [0.4, 0.5) is 0 Å². The summed E-state index contributed by atoms with van der Waals surface area (Å²) in [4.78, 5) is 30.8. The first-order valence-corrected chi connectivity index (χ1v) is 10.1. The van der Waals surface area contributed by atoms with Crippen LogP contribution in [0.15, 0.2) is 30.3 Å². The van der Waals surface area contributed by atoms with Gasteiger partial charge in [0, 0.05) is 39.0 Å². The number of carbonyl (C=O) groups excluding carboxylic acids is 2. The van der Waals surface area contributed by atoms with Crippen LogP contribution in [0.1, 0.15) is 24.8 Å². The number of morpholine rings is 1. The maximum absolute atomic E-state index is 12.7. The van der Waals surface area contributed by atoms with Crippen molar-refractivity contribution in [3.63, 3.8) is 0 Å². The number of rotatable bonds is 7. The van der Waals surface area contributed by atoms with Gasteiger partial charge in [-0.15, -0.1) is 0 Å².